The van der Waals surface area contributed by atoms with E-state index in [2.05, 4.69) is 0 Å². The van der Waals surface area contributed by atoms with Crippen molar-refractivity contribution in [3.05, 3.63) is 71.2 Å². The SMILES string of the molecule is O=Cc1ccc(-c2ccc(F)cc2Oc2c(F)cc(C(F)(F)F)cc2F)o1. The molecule has 9 heteroatoms. The topological polar surface area (TPSA) is 39.4 Å². The maximum atomic E-state index is 14.0. The maximum absolute atomic E-state index is 14.0. The number of rotatable bonds is 4. The smallest absolute Gasteiger partial charge is 0.416 e. The molecular weight excluding hydrogens is 378 g/mol. The Bertz CT molecular complexity index is 984. The predicted molar refractivity (Wildman–Crippen MR) is 80.9 cm³/mol. The van der Waals surface area contributed by atoms with Crippen molar-refractivity contribution in [1.29, 1.82) is 0 Å². The van der Waals surface area contributed by atoms with Crippen LogP contribution in [-0.4, -0.2) is 6.29 Å². The Morgan fingerprint density at radius 2 is 1.59 bits per heavy atom. The highest BCUT2D eigenvalue weighted by Crippen LogP contribution is 2.39. The number of aldehydes is 1. The number of alkyl halides is 3. The van der Waals surface area contributed by atoms with E-state index in [9.17, 15) is 31.1 Å². The standard InChI is InChI=1S/C18H8F6O3/c19-10-1-3-12(15-4-2-11(8-25)26-15)16(7-10)27-17-13(20)5-9(6-14(17)21)18(22,23)24/h1-8H. The number of furan rings is 1. The lowest BCUT2D eigenvalue weighted by Crippen LogP contribution is -2.07. The van der Waals surface area contributed by atoms with Gasteiger partial charge < -0.3 is 9.15 Å². The summed E-state index contributed by atoms with van der Waals surface area (Å²) in [6.07, 6.45) is -4.55. The third kappa shape index (κ3) is 3.81. The van der Waals surface area contributed by atoms with Crippen molar-refractivity contribution in [3.8, 4) is 22.8 Å². The minimum absolute atomic E-state index is 0.0276. The Morgan fingerprint density at radius 3 is 2.15 bits per heavy atom. The van der Waals surface area contributed by atoms with E-state index in [1.165, 1.54) is 12.1 Å². The van der Waals surface area contributed by atoms with Crippen LogP contribution in [0.15, 0.2) is 46.9 Å². The molecule has 0 aliphatic rings. The number of halogens is 6. The Balaban J connectivity index is 2.06. The number of carbonyl (C=O) groups excluding carboxylic acids is 1. The summed E-state index contributed by atoms with van der Waals surface area (Å²) in [6.45, 7) is 0. The summed E-state index contributed by atoms with van der Waals surface area (Å²) in [5, 5.41) is 0. The molecule has 0 spiro atoms. The van der Waals surface area contributed by atoms with E-state index < -0.39 is 40.7 Å². The van der Waals surface area contributed by atoms with Crippen LogP contribution in [0.5, 0.6) is 11.5 Å². The molecule has 1 aromatic heterocycles. The fourth-order valence-corrected chi connectivity index (χ4v) is 2.28. The minimum atomic E-state index is -4.95. The maximum Gasteiger partial charge on any atom is 0.416 e. The highest BCUT2D eigenvalue weighted by molar-refractivity contribution is 5.74. The molecule has 0 aliphatic heterocycles. The van der Waals surface area contributed by atoms with Gasteiger partial charge >= 0.3 is 6.18 Å². The van der Waals surface area contributed by atoms with Gasteiger partial charge in [0.15, 0.2) is 29.4 Å². The molecule has 27 heavy (non-hydrogen) atoms. The number of benzene rings is 2. The van der Waals surface area contributed by atoms with Gasteiger partial charge in [-0.1, -0.05) is 0 Å². The van der Waals surface area contributed by atoms with Crippen LogP contribution in [-0.2, 0) is 6.18 Å². The molecule has 3 aromatic rings. The third-order valence-corrected chi connectivity index (χ3v) is 3.49. The second-order valence-corrected chi connectivity index (χ2v) is 5.33. The van der Waals surface area contributed by atoms with Crippen molar-refractivity contribution in [3.63, 3.8) is 0 Å². The lowest BCUT2D eigenvalue weighted by Gasteiger charge is -2.13. The fraction of sp³-hybridized carbons (Fsp3) is 0.0556. The van der Waals surface area contributed by atoms with Gasteiger partial charge in [0.1, 0.15) is 17.3 Å². The molecule has 0 unspecified atom stereocenters. The zero-order valence-corrected chi connectivity index (χ0v) is 13.1. The number of hydrogen-bond acceptors (Lipinski definition) is 3. The van der Waals surface area contributed by atoms with Crippen LogP contribution in [0, 0.1) is 17.5 Å². The first kappa shape index (κ1) is 18.6. The van der Waals surface area contributed by atoms with E-state index in [-0.39, 0.29) is 29.2 Å². The molecule has 0 saturated heterocycles. The van der Waals surface area contributed by atoms with Gasteiger partial charge in [-0.2, -0.15) is 13.2 Å². The van der Waals surface area contributed by atoms with Crippen LogP contribution in [0.3, 0.4) is 0 Å². The number of ether oxygens (including phenoxy) is 1. The van der Waals surface area contributed by atoms with Crippen LogP contribution < -0.4 is 4.74 Å². The lowest BCUT2D eigenvalue weighted by atomic mass is 10.1. The van der Waals surface area contributed by atoms with E-state index >= 15 is 0 Å². The second kappa shape index (κ2) is 6.82. The van der Waals surface area contributed by atoms with Gasteiger partial charge in [0, 0.05) is 6.07 Å². The monoisotopic (exact) mass is 386 g/mol. The molecule has 2 aromatic carbocycles. The van der Waals surface area contributed by atoms with E-state index in [1.54, 1.807) is 0 Å². The average molecular weight is 386 g/mol. The summed E-state index contributed by atoms with van der Waals surface area (Å²) >= 11 is 0. The van der Waals surface area contributed by atoms with E-state index in [0.717, 1.165) is 18.2 Å². The van der Waals surface area contributed by atoms with Crippen LogP contribution in [0.25, 0.3) is 11.3 Å². The minimum Gasteiger partial charge on any atom is -0.453 e. The molecule has 0 saturated carbocycles. The van der Waals surface area contributed by atoms with Gasteiger partial charge in [0.05, 0.1) is 11.1 Å². The molecule has 0 atom stereocenters. The number of carbonyl (C=O) groups is 1. The molecule has 3 rings (SSSR count). The van der Waals surface area contributed by atoms with Gasteiger partial charge in [0.2, 0.25) is 0 Å². The Hall–Kier alpha value is -3.23. The Labute approximate surface area is 147 Å². The van der Waals surface area contributed by atoms with E-state index in [0.29, 0.717) is 6.29 Å². The normalized spacial score (nSPS) is 11.5. The molecule has 0 aliphatic carbocycles. The molecule has 0 amide bonds. The zero-order valence-electron chi connectivity index (χ0n) is 13.1. The van der Waals surface area contributed by atoms with Gasteiger partial charge in [-0.05, 0) is 36.4 Å². The average Bonchev–Trinajstić information content (AvgIpc) is 3.06. The molecule has 0 bridgehead atoms. The van der Waals surface area contributed by atoms with Crippen molar-refractivity contribution in [2.75, 3.05) is 0 Å². The molecule has 3 nitrogen and oxygen atoms in total. The molecular formula is C18H8F6O3. The third-order valence-electron chi connectivity index (χ3n) is 3.49. The summed E-state index contributed by atoms with van der Waals surface area (Å²) in [6, 6.07) is 5.71. The van der Waals surface area contributed by atoms with Crippen LogP contribution in [0.1, 0.15) is 16.1 Å². The van der Waals surface area contributed by atoms with Gasteiger partial charge in [-0.15, -0.1) is 0 Å². The van der Waals surface area contributed by atoms with Crippen LogP contribution in [0.2, 0.25) is 0 Å². The first-order valence-corrected chi connectivity index (χ1v) is 7.28. The molecule has 0 fully saturated rings. The highest BCUT2D eigenvalue weighted by atomic mass is 19.4. The molecule has 0 N–H and O–H groups in total. The highest BCUT2D eigenvalue weighted by Gasteiger charge is 2.33. The Morgan fingerprint density at radius 1 is 0.926 bits per heavy atom. The van der Waals surface area contributed by atoms with Crippen molar-refractivity contribution in [2.24, 2.45) is 0 Å². The summed E-state index contributed by atoms with van der Waals surface area (Å²) in [7, 11) is 0. The zero-order chi connectivity index (χ0) is 19.8. The number of hydrogen-bond donors (Lipinski definition) is 0. The van der Waals surface area contributed by atoms with Crippen molar-refractivity contribution >= 4 is 6.29 Å². The van der Waals surface area contributed by atoms with Crippen molar-refractivity contribution in [2.45, 2.75) is 6.18 Å². The molecule has 0 radical (unpaired) electrons. The molecule has 140 valence electrons. The summed E-state index contributed by atoms with van der Waals surface area (Å²) in [5.41, 5.74) is -1.51. The predicted octanol–water partition coefficient (Wildman–Crippen LogP) is 5.99. The first-order chi connectivity index (χ1) is 12.7. The second-order valence-electron chi connectivity index (χ2n) is 5.33. The quantitative estimate of drug-likeness (QED) is 0.409. The van der Waals surface area contributed by atoms with Crippen LogP contribution in [0.4, 0.5) is 26.3 Å². The fourth-order valence-electron chi connectivity index (χ4n) is 2.28. The Kier molecular flexibility index (Phi) is 4.69. The van der Waals surface area contributed by atoms with E-state index in [1.807, 2.05) is 0 Å². The lowest BCUT2D eigenvalue weighted by molar-refractivity contribution is -0.138. The van der Waals surface area contributed by atoms with Gasteiger partial charge in [-0.3, -0.25) is 4.79 Å². The van der Waals surface area contributed by atoms with Crippen molar-refractivity contribution in [1.82, 2.24) is 0 Å². The van der Waals surface area contributed by atoms with E-state index in [4.69, 9.17) is 9.15 Å². The summed E-state index contributed by atoms with van der Waals surface area (Å²) in [5.74, 6) is -5.66. The summed E-state index contributed by atoms with van der Waals surface area (Å²) < 4.78 is 89.6. The summed E-state index contributed by atoms with van der Waals surface area (Å²) in [4.78, 5) is 10.7. The first-order valence-electron chi connectivity index (χ1n) is 7.28. The van der Waals surface area contributed by atoms with Gasteiger partial charge in [-0.25, -0.2) is 13.2 Å². The molecule has 1 heterocycles. The van der Waals surface area contributed by atoms with Crippen molar-refractivity contribution < 1.29 is 40.3 Å². The van der Waals surface area contributed by atoms with Gasteiger partial charge in [0.25, 0.3) is 0 Å². The van der Waals surface area contributed by atoms with Crippen LogP contribution >= 0.6 is 0 Å². The largest absolute Gasteiger partial charge is 0.453 e.